The molecule has 4 rings (SSSR count). The number of fused-ring (bicyclic) bond motifs is 1. The van der Waals surface area contributed by atoms with Crippen molar-refractivity contribution in [2.45, 2.75) is 19.9 Å². The van der Waals surface area contributed by atoms with E-state index in [2.05, 4.69) is 0 Å². The lowest BCUT2D eigenvalue weighted by molar-refractivity contribution is -0.138. The molecule has 0 saturated carbocycles. The van der Waals surface area contributed by atoms with Gasteiger partial charge in [-0.1, -0.05) is 64.9 Å². The van der Waals surface area contributed by atoms with Crippen LogP contribution >= 0.6 is 34.5 Å². The molecule has 1 aliphatic heterocycles. The smallest absolute Gasteiger partial charge is 0.338 e. The Hall–Kier alpha value is -2.87. The summed E-state index contributed by atoms with van der Waals surface area (Å²) in [6.45, 7) is 3.63. The van der Waals surface area contributed by atoms with E-state index in [1.54, 1.807) is 13.8 Å². The van der Waals surface area contributed by atoms with Gasteiger partial charge in [0.15, 0.2) is 4.80 Å². The average Bonchev–Trinajstić information content (AvgIpc) is 3.07. The molecule has 2 heterocycles. The van der Waals surface area contributed by atoms with Gasteiger partial charge in [0.2, 0.25) is 0 Å². The van der Waals surface area contributed by atoms with Crippen LogP contribution in [0.25, 0.3) is 11.8 Å². The van der Waals surface area contributed by atoms with Crippen LogP contribution < -0.4 is 14.9 Å². The van der Waals surface area contributed by atoms with Crippen molar-refractivity contribution in [1.29, 1.82) is 0 Å². The molecule has 1 N–H and O–H groups in total. The fourth-order valence-corrected chi connectivity index (χ4v) is 5.07. The molecule has 0 radical (unpaired) electrons. The number of hydrogen-bond donors (Lipinski definition) is 1. The van der Waals surface area contributed by atoms with E-state index in [4.69, 9.17) is 32.9 Å². The Bertz CT molecular complexity index is 1420. The third kappa shape index (κ3) is 3.99. The van der Waals surface area contributed by atoms with Crippen molar-refractivity contribution in [2.75, 3.05) is 6.61 Å². The van der Waals surface area contributed by atoms with Gasteiger partial charge in [-0.3, -0.25) is 9.36 Å². The quantitative estimate of drug-likeness (QED) is 0.564. The molecule has 3 aromatic rings. The Morgan fingerprint density at radius 1 is 1.28 bits per heavy atom. The summed E-state index contributed by atoms with van der Waals surface area (Å²) in [5.74, 6) is -0.693. The van der Waals surface area contributed by atoms with E-state index in [-0.39, 0.29) is 22.9 Å². The third-order valence-corrected chi connectivity index (χ3v) is 6.49. The average molecular weight is 489 g/mol. The van der Waals surface area contributed by atoms with Crippen molar-refractivity contribution in [3.63, 3.8) is 0 Å². The van der Waals surface area contributed by atoms with Gasteiger partial charge in [-0.15, -0.1) is 0 Å². The Balaban J connectivity index is 1.98. The molecule has 0 bridgehead atoms. The molecule has 1 atom stereocenters. The van der Waals surface area contributed by atoms with Crippen LogP contribution in [-0.4, -0.2) is 22.2 Å². The van der Waals surface area contributed by atoms with Gasteiger partial charge in [0.05, 0.1) is 21.7 Å². The van der Waals surface area contributed by atoms with Gasteiger partial charge in [-0.05, 0) is 37.6 Å². The van der Waals surface area contributed by atoms with Crippen molar-refractivity contribution >= 4 is 52.3 Å². The lowest BCUT2D eigenvalue weighted by Gasteiger charge is -2.22. The minimum absolute atomic E-state index is 0.0830. The molecule has 0 saturated heterocycles. The first-order valence-corrected chi connectivity index (χ1v) is 11.3. The first-order chi connectivity index (χ1) is 15.3. The molecule has 32 heavy (non-hydrogen) atoms. The van der Waals surface area contributed by atoms with Crippen LogP contribution in [0.5, 0.6) is 5.75 Å². The summed E-state index contributed by atoms with van der Waals surface area (Å²) in [5.41, 5.74) is 1.52. The van der Waals surface area contributed by atoms with E-state index in [0.29, 0.717) is 31.2 Å². The maximum Gasteiger partial charge on any atom is 0.338 e. The molecule has 0 amide bonds. The van der Waals surface area contributed by atoms with E-state index in [9.17, 15) is 14.7 Å². The normalized spacial score (nSPS) is 16.0. The number of rotatable bonds is 4. The second-order valence-corrected chi connectivity index (χ2v) is 8.87. The summed E-state index contributed by atoms with van der Waals surface area (Å²) in [6, 6.07) is 11.7. The highest BCUT2D eigenvalue weighted by molar-refractivity contribution is 7.07. The lowest BCUT2D eigenvalue weighted by Crippen LogP contribution is -2.35. The maximum atomic E-state index is 13.2. The minimum Gasteiger partial charge on any atom is -0.506 e. The number of thiazole rings is 1. The number of phenolic OH excluding ortho intramolecular Hbond substituents is 1. The zero-order valence-electron chi connectivity index (χ0n) is 17.1. The van der Waals surface area contributed by atoms with Gasteiger partial charge in [0, 0.05) is 16.3 Å². The lowest BCUT2D eigenvalue weighted by atomic mass is 9.97. The summed E-state index contributed by atoms with van der Waals surface area (Å²) >= 11 is 13.2. The number of esters is 1. The Labute approximate surface area is 197 Å². The number of carbonyl (C=O) groups excluding carboxylic acids is 1. The predicted molar refractivity (Wildman–Crippen MR) is 126 cm³/mol. The number of benzene rings is 2. The van der Waals surface area contributed by atoms with Gasteiger partial charge in [-0.2, -0.15) is 0 Å². The van der Waals surface area contributed by atoms with E-state index in [1.165, 1.54) is 22.8 Å². The number of carbonyl (C=O) groups is 1. The molecule has 0 unspecified atom stereocenters. The minimum atomic E-state index is -0.602. The topological polar surface area (TPSA) is 80.9 Å². The molecule has 1 aliphatic rings. The van der Waals surface area contributed by atoms with Crippen LogP contribution in [0.1, 0.15) is 31.0 Å². The second-order valence-electron chi connectivity index (χ2n) is 7.02. The fourth-order valence-electron chi connectivity index (χ4n) is 3.53. The third-order valence-electron chi connectivity index (χ3n) is 5.00. The molecule has 0 fully saturated rings. The summed E-state index contributed by atoms with van der Waals surface area (Å²) < 4.78 is 6.97. The highest BCUT2D eigenvalue weighted by Crippen LogP contribution is 2.33. The molecule has 1 aromatic heterocycles. The van der Waals surface area contributed by atoms with Crippen LogP contribution in [0, 0.1) is 0 Å². The van der Waals surface area contributed by atoms with Gasteiger partial charge in [0.1, 0.15) is 11.8 Å². The summed E-state index contributed by atoms with van der Waals surface area (Å²) in [7, 11) is 0. The Morgan fingerprint density at radius 2 is 2.00 bits per heavy atom. The zero-order chi connectivity index (χ0) is 23.0. The largest absolute Gasteiger partial charge is 0.506 e. The number of nitrogens with zero attached hydrogens (tertiary/aromatic N) is 2. The molecule has 0 aliphatic carbocycles. The van der Waals surface area contributed by atoms with E-state index in [1.807, 2.05) is 30.3 Å². The number of hydrogen-bond acceptors (Lipinski definition) is 6. The monoisotopic (exact) mass is 488 g/mol. The summed E-state index contributed by atoms with van der Waals surface area (Å²) in [6.07, 6.45) is 1.51. The van der Waals surface area contributed by atoms with Crippen LogP contribution in [-0.2, 0) is 9.53 Å². The molecular formula is C23H18Cl2N2O4S. The van der Waals surface area contributed by atoms with E-state index in [0.717, 1.165) is 16.9 Å². The highest BCUT2D eigenvalue weighted by Gasteiger charge is 2.31. The highest BCUT2D eigenvalue weighted by atomic mass is 35.5. The zero-order valence-corrected chi connectivity index (χ0v) is 19.5. The van der Waals surface area contributed by atoms with Gasteiger partial charge >= 0.3 is 5.97 Å². The molecule has 9 heteroatoms. The van der Waals surface area contributed by atoms with Crippen molar-refractivity contribution in [3.05, 3.63) is 88.9 Å². The maximum absolute atomic E-state index is 13.2. The van der Waals surface area contributed by atoms with Crippen LogP contribution in [0.15, 0.2) is 57.8 Å². The van der Waals surface area contributed by atoms with Crippen LogP contribution in [0.3, 0.4) is 0 Å². The summed E-state index contributed by atoms with van der Waals surface area (Å²) in [5, 5.41) is 10.7. The molecule has 164 valence electrons. The van der Waals surface area contributed by atoms with E-state index >= 15 is 0 Å². The van der Waals surface area contributed by atoms with Crippen molar-refractivity contribution in [1.82, 2.24) is 4.57 Å². The first-order valence-electron chi connectivity index (χ1n) is 9.74. The molecular weight excluding hydrogens is 471 g/mol. The first kappa shape index (κ1) is 22.3. The van der Waals surface area contributed by atoms with Crippen molar-refractivity contribution in [2.24, 2.45) is 4.99 Å². The number of aromatic hydroxyl groups is 1. The molecule has 6 nitrogen and oxygen atoms in total. The molecule has 0 spiro atoms. The second kappa shape index (κ2) is 8.94. The number of halogens is 2. The molecule has 2 aromatic carbocycles. The fraction of sp³-hybridized carbons (Fsp3) is 0.174. The van der Waals surface area contributed by atoms with Gasteiger partial charge in [-0.25, -0.2) is 9.79 Å². The van der Waals surface area contributed by atoms with Gasteiger partial charge in [0.25, 0.3) is 5.56 Å². The number of ether oxygens (including phenoxy) is 1. The summed E-state index contributed by atoms with van der Waals surface area (Å²) in [4.78, 5) is 31.2. The van der Waals surface area contributed by atoms with E-state index < -0.39 is 12.0 Å². The predicted octanol–water partition coefficient (Wildman–Crippen LogP) is 3.92. The Morgan fingerprint density at radius 3 is 2.69 bits per heavy atom. The van der Waals surface area contributed by atoms with Gasteiger partial charge < -0.3 is 9.84 Å². The number of phenols is 1. The standard InChI is InChI=1S/C23H18Cl2N2O4S/c1-3-31-22(30)18-12(2)27-21(29)17(10-14-9-15(24)11-16(25)20(14)28)32-23(27)26-19(18)13-7-5-4-6-8-13/h4-11,19,28H,3H2,1-2H3/b17-10-/t19-/m1/s1. The number of allylic oxidation sites excluding steroid dienone is 1. The van der Waals surface area contributed by atoms with Crippen molar-refractivity contribution in [3.8, 4) is 5.75 Å². The van der Waals surface area contributed by atoms with Crippen LogP contribution in [0.2, 0.25) is 10.0 Å². The van der Waals surface area contributed by atoms with Crippen molar-refractivity contribution < 1.29 is 14.6 Å². The SMILES string of the molecule is CCOC(=O)C1=C(C)n2c(s/c(=C\c3cc(Cl)cc(Cl)c3O)c2=O)=N[C@@H]1c1ccccc1. The number of aromatic nitrogens is 1. The van der Waals surface area contributed by atoms with Crippen LogP contribution in [0.4, 0.5) is 0 Å². The Kier molecular flexibility index (Phi) is 6.24.